The van der Waals surface area contributed by atoms with E-state index in [9.17, 15) is 9.18 Å². The van der Waals surface area contributed by atoms with E-state index in [0.29, 0.717) is 26.1 Å². The van der Waals surface area contributed by atoms with Crippen LogP contribution in [0.1, 0.15) is 43.2 Å². The number of fused-ring (bicyclic) bond motifs is 1. The van der Waals surface area contributed by atoms with E-state index in [1.165, 1.54) is 44.5 Å². The molecule has 0 bridgehead atoms. The lowest BCUT2D eigenvalue weighted by molar-refractivity contribution is -0.121. The van der Waals surface area contributed by atoms with E-state index in [-0.39, 0.29) is 17.8 Å². The monoisotopic (exact) mass is 439 g/mol. The third-order valence-electron chi connectivity index (χ3n) is 6.41. The molecule has 0 spiro atoms. The van der Waals surface area contributed by atoms with Gasteiger partial charge in [-0.25, -0.2) is 4.39 Å². The summed E-state index contributed by atoms with van der Waals surface area (Å²) in [6.07, 6.45) is 5.28. The van der Waals surface area contributed by atoms with Crippen LogP contribution in [0.25, 0.3) is 0 Å². The van der Waals surface area contributed by atoms with Crippen molar-refractivity contribution in [1.29, 1.82) is 0 Å². The highest BCUT2D eigenvalue weighted by Gasteiger charge is 2.29. The van der Waals surface area contributed by atoms with Gasteiger partial charge in [-0.3, -0.25) is 4.79 Å². The third kappa shape index (κ3) is 6.00. The maximum absolute atomic E-state index is 13.4. The Morgan fingerprint density at radius 2 is 1.91 bits per heavy atom. The van der Waals surface area contributed by atoms with Crippen LogP contribution in [0.15, 0.2) is 42.5 Å². The topological polar surface area (TPSA) is 44.8 Å². The highest BCUT2D eigenvalue weighted by molar-refractivity contribution is 5.77. The highest BCUT2D eigenvalue weighted by atomic mass is 19.1. The third-order valence-corrected chi connectivity index (χ3v) is 6.41. The number of hydrogen-bond acceptors (Lipinski definition) is 4. The van der Waals surface area contributed by atoms with Crippen molar-refractivity contribution in [2.75, 3.05) is 37.7 Å². The molecule has 0 radical (unpaired) electrons. The number of carbonyl (C=O) groups is 1. The van der Waals surface area contributed by atoms with Crippen molar-refractivity contribution in [3.63, 3.8) is 0 Å². The van der Waals surface area contributed by atoms with Gasteiger partial charge in [0.05, 0.1) is 18.2 Å². The summed E-state index contributed by atoms with van der Waals surface area (Å²) in [6, 6.07) is 12.6. The molecule has 1 amide bonds. The number of carbonyl (C=O) groups excluding carboxylic acids is 1. The lowest BCUT2D eigenvalue weighted by atomic mass is 10.0. The van der Waals surface area contributed by atoms with Gasteiger partial charge in [0, 0.05) is 13.1 Å². The number of nitrogens with zero attached hydrogens (tertiary/aromatic N) is 2. The molecule has 6 heteroatoms. The Morgan fingerprint density at radius 1 is 1.12 bits per heavy atom. The first-order chi connectivity index (χ1) is 15.6. The molecule has 32 heavy (non-hydrogen) atoms. The van der Waals surface area contributed by atoms with Crippen LogP contribution >= 0.6 is 0 Å². The highest BCUT2D eigenvalue weighted by Crippen LogP contribution is 2.36. The number of anilines is 1. The molecule has 1 N–H and O–H groups in total. The standard InChI is InChI=1S/C26H34FN3O2/c1-20-6-11-24-25(16-20)32-19-23(30(24)18-21-7-9-22(27)10-8-21)17-26(31)28-12-5-15-29-13-3-2-4-14-29/h6-11,16,23H,2-5,12-15,17-19H2,1H3,(H,28,31)/t23-/m1/s1. The second kappa shape index (κ2) is 10.8. The molecule has 5 nitrogen and oxygen atoms in total. The predicted octanol–water partition coefficient (Wildman–Crippen LogP) is 4.28. The SMILES string of the molecule is Cc1ccc2c(c1)OC[C@@H](CC(=O)NCCCN1CCCCC1)N2Cc1ccc(F)cc1. The summed E-state index contributed by atoms with van der Waals surface area (Å²) in [7, 11) is 0. The summed E-state index contributed by atoms with van der Waals surface area (Å²) in [6.45, 7) is 7.23. The molecule has 4 rings (SSSR count). The first kappa shape index (κ1) is 22.6. The Balaban J connectivity index is 1.36. The predicted molar refractivity (Wildman–Crippen MR) is 126 cm³/mol. The summed E-state index contributed by atoms with van der Waals surface area (Å²) in [4.78, 5) is 17.4. The van der Waals surface area contributed by atoms with Gasteiger partial charge in [0.15, 0.2) is 0 Å². The fraction of sp³-hybridized carbons (Fsp3) is 0.500. The van der Waals surface area contributed by atoms with Crippen molar-refractivity contribution in [3.8, 4) is 5.75 Å². The molecule has 2 heterocycles. The zero-order valence-electron chi connectivity index (χ0n) is 19.0. The fourth-order valence-electron chi connectivity index (χ4n) is 4.62. The molecular weight excluding hydrogens is 405 g/mol. The number of amides is 1. The van der Waals surface area contributed by atoms with Crippen LogP contribution in [-0.2, 0) is 11.3 Å². The molecule has 172 valence electrons. The molecule has 0 unspecified atom stereocenters. The molecule has 1 saturated heterocycles. The average Bonchev–Trinajstić information content (AvgIpc) is 2.80. The summed E-state index contributed by atoms with van der Waals surface area (Å²) >= 11 is 0. The maximum atomic E-state index is 13.4. The van der Waals surface area contributed by atoms with E-state index in [2.05, 4.69) is 27.2 Å². The van der Waals surface area contributed by atoms with Crippen molar-refractivity contribution < 1.29 is 13.9 Å². The molecule has 2 aromatic rings. The van der Waals surface area contributed by atoms with E-state index in [4.69, 9.17) is 4.74 Å². The Bertz CT molecular complexity index is 896. The quantitative estimate of drug-likeness (QED) is 0.624. The number of hydrogen-bond donors (Lipinski definition) is 1. The van der Waals surface area contributed by atoms with Gasteiger partial charge in [0.25, 0.3) is 0 Å². The van der Waals surface area contributed by atoms with Gasteiger partial charge in [-0.1, -0.05) is 24.6 Å². The molecule has 0 aliphatic carbocycles. The summed E-state index contributed by atoms with van der Waals surface area (Å²) in [5.74, 6) is 0.648. The number of halogens is 1. The van der Waals surface area contributed by atoms with Crippen molar-refractivity contribution in [2.24, 2.45) is 0 Å². The lowest BCUT2D eigenvalue weighted by Gasteiger charge is -2.38. The van der Waals surface area contributed by atoms with Crippen LogP contribution in [-0.4, -0.2) is 49.6 Å². The van der Waals surface area contributed by atoms with Crippen LogP contribution in [0.2, 0.25) is 0 Å². The number of piperidine rings is 1. The van der Waals surface area contributed by atoms with Crippen LogP contribution in [0.3, 0.4) is 0 Å². The van der Waals surface area contributed by atoms with Crippen LogP contribution < -0.4 is 15.0 Å². The molecule has 2 aliphatic heterocycles. The summed E-state index contributed by atoms with van der Waals surface area (Å²) in [5.41, 5.74) is 3.12. The summed E-state index contributed by atoms with van der Waals surface area (Å²) in [5, 5.41) is 3.10. The molecule has 0 aromatic heterocycles. The number of aryl methyl sites for hydroxylation is 1. The molecule has 2 aromatic carbocycles. The van der Waals surface area contributed by atoms with E-state index >= 15 is 0 Å². The fourth-order valence-corrected chi connectivity index (χ4v) is 4.62. The zero-order valence-corrected chi connectivity index (χ0v) is 19.0. The van der Waals surface area contributed by atoms with Crippen LogP contribution in [0.5, 0.6) is 5.75 Å². The number of ether oxygens (including phenoxy) is 1. The van der Waals surface area contributed by atoms with E-state index in [1.807, 2.05) is 13.0 Å². The zero-order chi connectivity index (χ0) is 22.3. The number of nitrogens with one attached hydrogen (secondary N) is 1. The first-order valence-electron chi connectivity index (χ1n) is 11.8. The first-order valence-corrected chi connectivity index (χ1v) is 11.8. The van der Waals surface area contributed by atoms with E-state index in [0.717, 1.165) is 35.5 Å². The number of rotatable bonds is 8. The number of benzene rings is 2. The molecule has 2 aliphatic rings. The second-order valence-corrected chi connectivity index (χ2v) is 9.00. The van der Waals surface area contributed by atoms with Gasteiger partial charge in [0.2, 0.25) is 5.91 Å². The molecule has 1 fully saturated rings. The van der Waals surface area contributed by atoms with Crippen LogP contribution in [0, 0.1) is 12.7 Å². The van der Waals surface area contributed by atoms with Gasteiger partial charge >= 0.3 is 0 Å². The van der Waals surface area contributed by atoms with E-state index in [1.54, 1.807) is 12.1 Å². The smallest absolute Gasteiger partial charge is 0.222 e. The Morgan fingerprint density at radius 3 is 2.69 bits per heavy atom. The number of likely N-dealkylation sites (tertiary alicyclic amines) is 1. The van der Waals surface area contributed by atoms with Crippen molar-refractivity contribution in [1.82, 2.24) is 10.2 Å². The largest absolute Gasteiger partial charge is 0.489 e. The normalized spacial score (nSPS) is 18.7. The minimum absolute atomic E-state index is 0.0527. The molecule has 0 saturated carbocycles. The Kier molecular flexibility index (Phi) is 7.63. The van der Waals surface area contributed by atoms with Crippen molar-refractivity contribution in [2.45, 2.75) is 51.6 Å². The Hall–Kier alpha value is -2.60. The van der Waals surface area contributed by atoms with Gasteiger partial charge in [-0.05, 0) is 81.2 Å². The van der Waals surface area contributed by atoms with Crippen molar-refractivity contribution in [3.05, 3.63) is 59.4 Å². The second-order valence-electron chi connectivity index (χ2n) is 9.00. The maximum Gasteiger partial charge on any atom is 0.222 e. The molecule has 1 atom stereocenters. The van der Waals surface area contributed by atoms with Crippen molar-refractivity contribution >= 4 is 11.6 Å². The van der Waals surface area contributed by atoms with E-state index < -0.39 is 0 Å². The van der Waals surface area contributed by atoms with Gasteiger partial charge in [-0.15, -0.1) is 0 Å². The van der Waals surface area contributed by atoms with Gasteiger partial charge in [-0.2, -0.15) is 0 Å². The van der Waals surface area contributed by atoms with Crippen LogP contribution in [0.4, 0.5) is 10.1 Å². The van der Waals surface area contributed by atoms with Gasteiger partial charge < -0.3 is 19.9 Å². The minimum atomic E-state index is -0.243. The van der Waals surface area contributed by atoms with Gasteiger partial charge in [0.1, 0.15) is 18.2 Å². The Labute approximate surface area is 190 Å². The lowest BCUT2D eigenvalue weighted by Crippen LogP contribution is -2.45. The minimum Gasteiger partial charge on any atom is -0.489 e. The average molecular weight is 440 g/mol. The molecular formula is C26H34FN3O2. The summed E-state index contributed by atoms with van der Waals surface area (Å²) < 4.78 is 19.4.